The fourth-order valence-electron chi connectivity index (χ4n) is 7.28. The third-order valence-corrected chi connectivity index (χ3v) is 11.7. The first-order chi connectivity index (χ1) is 26.0. The number of pyridine rings is 2. The molecule has 0 N–H and O–H groups in total. The summed E-state index contributed by atoms with van der Waals surface area (Å²) in [6, 6.07) is 36.3. The maximum atomic E-state index is 13.3. The second-order valence-corrected chi connectivity index (χ2v) is 23.0. The van der Waals surface area contributed by atoms with E-state index in [0.717, 1.165) is 74.8 Å². The molecule has 293 valence electrons. The number of halogens is 1. The Labute approximate surface area is 348 Å². The summed E-state index contributed by atoms with van der Waals surface area (Å²) in [6.07, 6.45) is 7.20. The van der Waals surface area contributed by atoms with Gasteiger partial charge in [-0.1, -0.05) is 127 Å². The van der Waals surface area contributed by atoms with Crippen molar-refractivity contribution >= 4 is 35.2 Å². The summed E-state index contributed by atoms with van der Waals surface area (Å²) in [7, 11) is -1.37. The molecular weight excluding hydrogens is 884 g/mol. The van der Waals surface area contributed by atoms with Gasteiger partial charge in [0.15, 0.2) is 0 Å². The first kappa shape index (κ1) is 42.9. The molecule has 0 saturated heterocycles. The Hall–Kier alpha value is -4.22. The van der Waals surface area contributed by atoms with Crippen molar-refractivity contribution in [1.82, 2.24) is 9.97 Å². The molecule has 0 aliphatic carbocycles. The van der Waals surface area contributed by atoms with Crippen LogP contribution in [0.25, 0.3) is 55.6 Å². The second-order valence-electron chi connectivity index (χ2n) is 18.0. The van der Waals surface area contributed by atoms with Crippen molar-refractivity contribution in [3.05, 3.63) is 138 Å². The van der Waals surface area contributed by atoms with Crippen LogP contribution in [-0.2, 0) is 39.4 Å². The van der Waals surface area contributed by atoms with Crippen LogP contribution in [0, 0.1) is 35.2 Å². The predicted molar refractivity (Wildman–Crippen MR) is 233 cm³/mol. The molecule has 7 aromatic rings. The number of furan rings is 1. The minimum atomic E-state index is -1.37. The van der Waals surface area contributed by atoms with Gasteiger partial charge >= 0.3 is 0 Å². The van der Waals surface area contributed by atoms with Gasteiger partial charge in [0, 0.05) is 37.9 Å². The van der Waals surface area contributed by atoms with Crippen LogP contribution in [0.4, 0.5) is 4.39 Å². The van der Waals surface area contributed by atoms with Gasteiger partial charge in [0.2, 0.25) is 0 Å². The first-order valence-electron chi connectivity index (χ1n) is 19.6. The minimum absolute atomic E-state index is 0. The van der Waals surface area contributed by atoms with Crippen molar-refractivity contribution in [1.29, 1.82) is 0 Å². The molecule has 1 radical (unpaired) electrons. The molecule has 0 aliphatic heterocycles. The number of hydrogen-bond donors (Lipinski definition) is 0. The smallest absolute Gasteiger partial charge is 0.123 e. The van der Waals surface area contributed by atoms with E-state index in [9.17, 15) is 4.39 Å². The Bertz CT molecular complexity index is 2400. The second kappa shape index (κ2) is 17.9. The minimum Gasteiger partial charge on any atom is -0.501 e. The summed E-state index contributed by atoms with van der Waals surface area (Å²) in [5.41, 5.74) is 11.8. The molecule has 0 saturated carbocycles. The predicted octanol–water partition coefficient (Wildman–Crippen LogP) is 13.3. The topological polar surface area (TPSA) is 38.9 Å². The largest absolute Gasteiger partial charge is 0.501 e. The normalized spacial score (nSPS) is 11.9. The van der Waals surface area contributed by atoms with E-state index in [1.165, 1.54) is 34.0 Å². The van der Waals surface area contributed by atoms with Crippen molar-refractivity contribution in [2.24, 2.45) is 17.3 Å². The Balaban J connectivity index is 0.000000218. The van der Waals surface area contributed by atoms with Crippen LogP contribution < -0.4 is 5.19 Å². The molecule has 3 aromatic heterocycles. The van der Waals surface area contributed by atoms with Gasteiger partial charge in [-0.15, -0.1) is 53.6 Å². The zero-order chi connectivity index (χ0) is 39.5. The quantitative estimate of drug-likeness (QED) is 0.107. The zero-order valence-electron chi connectivity index (χ0n) is 34.6. The monoisotopic (exact) mass is 939 g/mol. The van der Waals surface area contributed by atoms with E-state index in [1.54, 1.807) is 12.1 Å². The van der Waals surface area contributed by atoms with E-state index in [0.29, 0.717) is 11.8 Å². The standard InChI is InChI=1S/C28H23FNO.C22H32NSi.Ir/c1-28(2,3)17-18-13-14-30-25(15-18)24-6-4-5-23-22-12-9-20(16-26(22)31-27(23)24)19-7-10-21(29)11-8-19;1-16(2)11-18-9-8-10-19(13-18)21-14-20(12-17(3)4)22(15-23-21)24(5,6)7;/h4-5,7-16H,17H2,1-3H3;8-9,13-17H,11-12H2,1-7H3;/q2*-1;. The molecule has 3 heterocycles. The Morgan fingerprint density at radius 3 is 2.09 bits per heavy atom. The van der Waals surface area contributed by atoms with Gasteiger partial charge in [-0.3, -0.25) is 0 Å². The summed E-state index contributed by atoms with van der Waals surface area (Å²) < 4.78 is 19.6. The number of nitrogens with zero attached hydrogens (tertiary/aromatic N) is 2. The number of hydrogen-bond acceptors (Lipinski definition) is 3. The van der Waals surface area contributed by atoms with Gasteiger partial charge in [-0.05, 0) is 88.5 Å². The third-order valence-electron chi connectivity index (χ3n) is 9.64. The molecular formula is C50H55FIrN2OSi-2. The van der Waals surface area contributed by atoms with Gasteiger partial charge in [-0.2, -0.15) is 0 Å². The average molecular weight is 939 g/mol. The maximum Gasteiger partial charge on any atom is 0.123 e. The molecule has 0 atom stereocenters. The molecule has 4 aromatic carbocycles. The van der Waals surface area contributed by atoms with Crippen LogP contribution in [-0.4, -0.2) is 18.0 Å². The van der Waals surface area contributed by atoms with E-state index in [1.807, 2.05) is 36.5 Å². The summed E-state index contributed by atoms with van der Waals surface area (Å²) >= 11 is 0. The van der Waals surface area contributed by atoms with E-state index < -0.39 is 8.07 Å². The summed E-state index contributed by atoms with van der Waals surface area (Å²) in [5, 5.41) is 3.58. The average Bonchev–Trinajstić information content (AvgIpc) is 3.49. The Morgan fingerprint density at radius 1 is 0.714 bits per heavy atom. The zero-order valence-corrected chi connectivity index (χ0v) is 38.0. The van der Waals surface area contributed by atoms with E-state index in [2.05, 4.69) is 128 Å². The van der Waals surface area contributed by atoms with Crippen LogP contribution in [0.5, 0.6) is 0 Å². The molecule has 0 aliphatic rings. The molecule has 6 heteroatoms. The van der Waals surface area contributed by atoms with Crippen LogP contribution in [0.3, 0.4) is 0 Å². The van der Waals surface area contributed by atoms with Gasteiger partial charge in [0.25, 0.3) is 0 Å². The molecule has 3 nitrogen and oxygen atoms in total. The molecule has 0 spiro atoms. The maximum absolute atomic E-state index is 13.3. The van der Waals surface area contributed by atoms with Crippen molar-refractivity contribution in [3.8, 4) is 33.6 Å². The number of rotatable bonds is 9. The van der Waals surface area contributed by atoms with E-state index >= 15 is 0 Å². The third kappa shape index (κ3) is 10.8. The number of fused-ring (bicyclic) bond motifs is 3. The van der Waals surface area contributed by atoms with Gasteiger partial charge < -0.3 is 14.4 Å². The Kier molecular flexibility index (Phi) is 13.7. The van der Waals surface area contributed by atoms with E-state index in [4.69, 9.17) is 9.40 Å². The summed E-state index contributed by atoms with van der Waals surface area (Å²) in [6.45, 7) is 23.0. The van der Waals surface area contributed by atoms with Crippen molar-refractivity contribution in [3.63, 3.8) is 0 Å². The molecule has 0 amide bonds. The Morgan fingerprint density at radius 2 is 1.41 bits per heavy atom. The van der Waals surface area contributed by atoms with Crippen molar-refractivity contribution in [2.75, 3.05) is 0 Å². The fraction of sp³-hybridized carbons (Fsp3) is 0.320. The molecule has 0 unspecified atom stereocenters. The van der Waals surface area contributed by atoms with Crippen molar-refractivity contribution < 1.29 is 28.9 Å². The molecule has 0 fully saturated rings. The van der Waals surface area contributed by atoms with Gasteiger partial charge in [0.1, 0.15) is 11.4 Å². The van der Waals surface area contributed by atoms with Crippen LogP contribution in [0.15, 0.2) is 108 Å². The first-order valence-corrected chi connectivity index (χ1v) is 23.1. The van der Waals surface area contributed by atoms with Gasteiger partial charge in [0.05, 0.1) is 13.7 Å². The molecule has 56 heavy (non-hydrogen) atoms. The SMILES string of the molecule is CC(C)(C)Cc1ccnc(-c2[c-]ccc3c2oc2cc(-c4ccc(F)cc4)ccc23)c1.CC(C)Cc1cc[c-]c(-c2cc(CC(C)C)c([Si](C)(C)C)cn2)c1.[Ir]. The van der Waals surface area contributed by atoms with Crippen LogP contribution in [0.1, 0.15) is 65.2 Å². The van der Waals surface area contributed by atoms with Gasteiger partial charge in [-0.25, -0.2) is 4.39 Å². The number of aromatic nitrogens is 2. The summed E-state index contributed by atoms with van der Waals surface area (Å²) in [4.78, 5) is 9.41. The van der Waals surface area contributed by atoms with Crippen LogP contribution in [0.2, 0.25) is 19.6 Å². The molecule has 0 bridgehead atoms. The molecule has 7 rings (SSSR count). The summed E-state index contributed by atoms with van der Waals surface area (Å²) in [5.74, 6) is 1.08. The number of benzene rings is 4. The van der Waals surface area contributed by atoms with Crippen molar-refractivity contribution in [2.45, 2.75) is 87.4 Å². The van der Waals surface area contributed by atoms with Crippen LogP contribution >= 0.6 is 0 Å². The fourth-order valence-corrected chi connectivity index (χ4v) is 8.86. The van der Waals surface area contributed by atoms with E-state index in [-0.39, 0.29) is 31.3 Å².